The van der Waals surface area contributed by atoms with E-state index in [0.29, 0.717) is 31.9 Å². The van der Waals surface area contributed by atoms with E-state index in [2.05, 4.69) is 5.43 Å². The Morgan fingerprint density at radius 2 is 1.94 bits per heavy atom. The number of rotatable bonds is 2. The summed E-state index contributed by atoms with van der Waals surface area (Å²) < 4.78 is 5.16. The first kappa shape index (κ1) is 11.7. The van der Waals surface area contributed by atoms with Crippen LogP contribution in [0.25, 0.3) is 0 Å². The average Bonchev–Trinajstić information content (AvgIpc) is 2.34. The van der Waals surface area contributed by atoms with Gasteiger partial charge in [0.1, 0.15) is 0 Å². The SMILES string of the molecule is O=C(NN1CCOCC1)c1ccc(O)c(O)c1. The van der Waals surface area contributed by atoms with Crippen LogP contribution in [0.15, 0.2) is 18.2 Å². The van der Waals surface area contributed by atoms with Gasteiger partial charge in [-0.15, -0.1) is 0 Å². The van der Waals surface area contributed by atoms with Gasteiger partial charge in [-0.25, -0.2) is 5.01 Å². The number of hydrogen-bond donors (Lipinski definition) is 3. The van der Waals surface area contributed by atoms with Gasteiger partial charge >= 0.3 is 0 Å². The van der Waals surface area contributed by atoms with Gasteiger partial charge in [-0.3, -0.25) is 10.2 Å². The molecular formula is C11H14N2O4. The highest BCUT2D eigenvalue weighted by atomic mass is 16.5. The number of benzene rings is 1. The highest BCUT2D eigenvalue weighted by molar-refractivity contribution is 5.94. The summed E-state index contributed by atoms with van der Waals surface area (Å²) in [6.07, 6.45) is 0. The Morgan fingerprint density at radius 1 is 1.24 bits per heavy atom. The maximum atomic E-state index is 11.8. The summed E-state index contributed by atoms with van der Waals surface area (Å²) in [4.78, 5) is 11.8. The van der Waals surface area contributed by atoms with Gasteiger partial charge in [0.15, 0.2) is 11.5 Å². The molecule has 3 N–H and O–H groups in total. The molecule has 1 aromatic rings. The van der Waals surface area contributed by atoms with E-state index in [1.807, 2.05) is 0 Å². The number of nitrogens with one attached hydrogen (secondary N) is 1. The van der Waals surface area contributed by atoms with Crippen molar-refractivity contribution in [1.29, 1.82) is 0 Å². The molecule has 1 heterocycles. The summed E-state index contributed by atoms with van der Waals surface area (Å²) in [5.41, 5.74) is 3.00. The predicted octanol–water partition coefficient (Wildman–Crippen LogP) is 0.0748. The molecular weight excluding hydrogens is 224 g/mol. The van der Waals surface area contributed by atoms with Gasteiger partial charge in [0.25, 0.3) is 5.91 Å². The van der Waals surface area contributed by atoms with Crippen molar-refractivity contribution in [1.82, 2.24) is 10.4 Å². The summed E-state index contributed by atoms with van der Waals surface area (Å²) in [5, 5.41) is 20.2. The lowest BCUT2D eigenvalue weighted by atomic mass is 10.2. The Morgan fingerprint density at radius 3 is 2.59 bits per heavy atom. The normalized spacial score (nSPS) is 16.7. The predicted molar refractivity (Wildman–Crippen MR) is 59.6 cm³/mol. The molecule has 1 aromatic carbocycles. The van der Waals surface area contributed by atoms with Gasteiger partial charge in [-0.05, 0) is 18.2 Å². The minimum Gasteiger partial charge on any atom is -0.504 e. The lowest BCUT2D eigenvalue weighted by Crippen LogP contribution is -2.48. The van der Waals surface area contributed by atoms with Crippen LogP contribution in [0.1, 0.15) is 10.4 Å². The monoisotopic (exact) mass is 238 g/mol. The van der Waals surface area contributed by atoms with Crippen LogP contribution in [0.5, 0.6) is 11.5 Å². The molecule has 92 valence electrons. The standard InChI is InChI=1S/C11H14N2O4/c14-9-2-1-8(7-10(9)15)11(16)12-13-3-5-17-6-4-13/h1-2,7,14-15H,3-6H2,(H,12,16). The van der Waals surface area contributed by atoms with Crippen molar-refractivity contribution >= 4 is 5.91 Å². The third kappa shape index (κ3) is 2.86. The first-order valence-electron chi connectivity index (χ1n) is 5.32. The molecule has 1 saturated heterocycles. The van der Waals surface area contributed by atoms with Crippen LogP contribution in [-0.2, 0) is 4.74 Å². The van der Waals surface area contributed by atoms with Crippen molar-refractivity contribution in [3.8, 4) is 11.5 Å². The quantitative estimate of drug-likeness (QED) is 0.635. The molecule has 0 aliphatic carbocycles. The van der Waals surface area contributed by atoms with Crippen molar-refractivity contribution in [2.45, 2.75) is 0 Å². The highest BCUT2D eigenvalue weighted by Gasteiger charge is 2.15. The molecule has 6 nitrogen and oxygen atoms in total. The summed E-state index contributed by atoms with van der Waals surface area (Å²) in [7, 11) is 0. The Labute approximate surface area is 98.4 Å². The van der Waals surface area contributed by atoms with E-state index in [1.165, 1.54) is 18.2 Å². The molecule has 6 heteroatoms. The third-order valence-electron chi connectivity index (χ3n) is 2.51. The zero-order valence-electron chi connectivity index (χ0n) is 9.22. The number of hydrogen-bond acceptors (Lipinski definition) is 5. The van der Waals surface area contributed by atoms with Gasteiger partial charge in [0, 0.05) is 18.7 Å². The van der Waals surface area contributed by atoms with Gasteiger partial charge in [-0.2, -0.15) is 0 Å². The van der Waals surface area contributed by atoms with E-state index < -0.39 is 0 Å². The topological polar surface area (TPSA) is 82.0 Å². The number of amides is 1. The number of ether oxygens (including phenoxy) is 1. The highest BCUT2D eigenvalue weighted by Crippen LogP contribution is 2.24. The fourth-order valence-corrected chi connectivity index (χ4v) is 1.55. The molecule has 1 aliphatic heterocycles. The molecule has 17 heavy (non-hydrogen) atoms. The number of hydrazine groups is 1. The number of carbonyl (C=O) groups excluding carboxylic acids is 1. The van der Waals surface area contributed by atoms with Gasteiger partial charge < -0.3 is 14.9 Å². The summed E-state index contributed by atoms with van der Waals surface area (Å²) in [5.74, 6) is -0.866. The molecule has 1 aliphatic rings. The number of phenolic OH excluding ortho intramolecular Hbond substituents is 2. The molecule has 2 rings (SSSR count). The molecule has 0 atom stereocenters. The van der Waals surface area contributed by atoms with Gasteiger partial charge in [-0.1, -0.05) is 0 Å². The molecule has 0 unspecified atom stereocenters. The number of phenols is 2. The van der Waals surface area contributed by atoms with E-state index in [4.69, 9.17) is 9.84 Å². The Bertz CT molecular complexity index is 416. The maximum Gasteiger partial charge on any atom is 0.265 e. The van der Waals surface area contributed by atoms with Crippen molar-refractivity contribution < 1.29 is 19.7 Å². The zero-order valence-corrected chi connectivity index (χ0v) is 9.22. The minimum atomic E-state index is -0.317. The van der Waals surface area contributed by atoms with Crippen LogP contribution in [0.4, 0.5) is 0 Å². The summed E-state index contributed by atoms with van der Waals surface area (Å²) in [6.45, 7) is 2.44. The van der Waals surface area contributed by atoms with Crippen molar-refractivity contribution in [3.05, 3.63) is 23.8 Å². The largest absolute Gasteiger partial charge is 0.504 e. The second-order valence-electron chi connectivity index (χ2n) is 3.74. The first-order valence-corrected chi connectivity index (χ1v) is 5.32. The zero-order chi connectivity index (χ0) is 12.3. The van der Waals surface area contributed by atoms with Crippen molar-refractivity contribution in [3.63, 3.8) is 0 Å². The molecule has 0 saturated carbocycles. The lowest BCUT2D eigenvalue weighted by molar-refractivity contribution is 0.0126. The molecule has 0 radical (unpaired) electrons. The number of nitrogens with zero attached hydrogens (tertiary/aromatic N) is 1. The first-order chi connectivity index (χ1) is 8.16. The molecule has 1 fully saturated rings. The van der Waals surface area contributed by atoms with E-state index in [9.17, 15) is 9.90 Å². The van der Waals surface area contributed by atoms with Gasteiger partial charge in [0.2, 0.25) is 0 Å². The molecule has 1 amide bonds. The van der Waals surface area contributed by atoms with Crippen molar-refractivity contribution in [2.75, 3.05) is 26.3 Å². The smallest absolute Gasteiger partial charge is 0.265 e. The number of carbonyl (C=O) groups is 1. The molecule has 0 aromatic heterocycles. The van der Waals surface area contributed by atoms with E-state index in [1.54, 1.807) is 5.01 Å². The van der Waals surface area contributed by atoms with Crippen LogP contribution in [0.2, 0.25) is 0 Å². The lowest BCUT2D eigenvalue weighted by Gasteiger charge is -2.26. The third-order valence-corrected chi connectivity index (χ3v) is 2.51. The fourth-order valence-electron chi connectivity index (χ4n) is 1.55. The van der Waals surface area contributed by atoms with E-state index in [0.717, 1.165) is 0 Å². The number of aromatic hydroxyl groups is 2. The average molecular weight is 238 g/mol. The van der Waals surface area contributed by atoms with Gasteiger partial charge in [0.05, 0.1) is 13.2 Å². The Balaban J connectivity index is 2.01. The molecule has 0 spiro atoms. The second kappa shape index (κ2) is 5.03. The van der Waals surface area contributed by atoms with E-state index >= 15 is 0 Å². The van der Waals surface area contributed by atoms with Crippen LogP contribution >= 0.6 is 0 Å². The van der Waals surface area contributed by atoms with Crippen molar-refractivity contribution in [2.24, 2.45) is 0 Å². The molecule has 0 bridgehead atoms. The van der Waals surface area contributed by atoms with Crippen LogP contribution in [0.3, 0.4) is 0 Å². The van der Waals surface area contributed by atoms with Crippen LogP contribution in [-0.4, -0.2) is 47.4 Å². The maximum absolute atomic E-state index is 11.8. The summed E-state index contributed by atoms with van der Waals surface area (Å²) >= 11 is 0. The fraction of sp³-hybridized carbons (Fsp3) is 0.364. The van der Waals surface area contributed by atoms with E-state index in [-0.39, 0.29) is 17.4 Å². The number of morpholine rings is 1. The van der Waals surface area contributed by atoms with Crippen LogP contribution in [0, 0.1) is 0 Å². The summed E-state index contributed by atoms with van der Waals surface area (Å²) in [6, 6.07) is 3.96. The van der Waals surface area contributed by atoms with Crippen LogP contribution < -0.4 is 5.43 Å². The Kier molecular flexibility index (Phi) is 3.46. The Hall–Kier alpha value is -1.79. The minimum absolute atomic E-state index is 0.243. The second-order valence-corrected chi connectivity index (χ2v) is 3.74.